The minimum atomic E-state index is -0.521. The lowest BCUT2D eigenvalue weighted by Gasteiger charge is -2.13. The fourth-order valence-electron chi connectivity index (χ4n) is 2.44. The summed E-state index contributed by atoms with van der Waals surface area (Å²) in [6, 6.07) is 10.9. The molecule has 1 amide bonds. The van der Waals surface area contributed by atoms with Gasteiger partial charge in [-0.05, 0) is 55.3 Å². The molecule has 0 fully saturated rings. The van der Waals surface area contributed by atoms with E-state index in [0.717, 1.165) is 11.1 Å². The van der Waals surface area contributed by atoms with Gasteiger partial charge in [0.2, 0.25) is 0 Å². The molecule has 0 saturated carbocycles. The van der Waals surface area contributed by atoms with Crippen LogP contribution in [0.2, 0.25) is 0 Å². The Kier molecular flexibility index (Phi) is 7.26. The highest BCUT2D eigenvalue weighted by Crippen LogP contribution is 2.36. The number of amides is 1. The SMILES string of the molecule is C#CCOc1c(/C=C(\C#N)C(=O)Nc2ccc(C)c(C)c2)cc(Br)cc1OC. The van der Waals surface area contributed by atoms with Gasteiger partial charge in [-0.25, -0.2) is 0 Å². The number of benzene rings is 2. The molecule has 0 aliphatic rings. The summed E-state index contributed by atoms with van der Waals surface area (Å²) in [7, 11) is 1.50. The number of carbonyl (C=O) groups excluding carboxylic acids is 1. The molecule has 0 atom stereocenters. The Morgan fingerprint density at radius 1 is 1.29 bits per heavy atom. The van der Waals surface area contributed by atoms with Gasteiger partial charge in [0, 0.05) is 15.7 Å². The van der Waals surface area contributed by atoms with E-state index in [1.165, 1.54) is 13.2 Å². The molecule has 0 aliphatic carbocycles. The summed E-state index contributed by atoms with van der Waals surface area (Å²) >= 11 is 3.38. The van der Waals surface area contributed by atoms with Crippen molar-refractivity contribution in [1.82, 2.24) is 0 Å². The zero-order valence-corrected chi connectivity index (χ0v) is 17.4. The quantitative estimate of drug-likeness (QED) is 0.405. The van der Waals surface area contributed by atoms with E-state index in [0.29, 0.717) is 27.2 Å². The van der Waals surface area contributed by atoms with Crippen LogP contribution in [0.5, 0.6) is 11.5 Å². The summed E-state index contributed by atoms with van der Waals surface area (Å²) < 4.78 is 11.6. The third kappa shape index (κ3) is 5.16. The smallest absolute Gasteiger partial charge is 0.266 e. The predicted molar refractivity (Wildman–Crippen MR) is 113 cm³/mol. The number of anilines is 1. The number of hydrogen-bond acceptors (Lipinski definition) is 4. The number of hydrogen-bond donors (Lipinski definition) is 1. The van der Waals surface area contributed by atoms with E-state index in [9.17, 15) is 10.1 Å². The standard InChI is InChI=1S/C22H19BrN2O3/c1-5-8-28-21-16(11-18(23)12-20(21)27-4)10-17(13-24)22(26)25-19-7-6-14(2)15(3)9-19/h1,6-7,9-12H,8H2,2-4H3,(H,25,26)/b17-10+. The van der Waals surface area contributed by atoms with Crippen LogP contribution in [0.25, 0.3) is 6.08 Å². The Balaban J connectivity index is 2.41. The van der Waals surface area contributed by atoms with Crippen LogP contribution in [0.4, 0.5) is 5.69 Å². The number of ether oxygens (including phenoxy) is 2. The van der Waals surface area contributed by atoms with Crippen LogP contribution in [0.1, 0.15) is 16.7 Å². The monoisotopic (exact) mass is 438 g/mol. The molecule has 2 aromatic rings. The van der Waals surface area contributed by atoms with Gasteiger partial charge in [-0.3, -0.25) is 4.79 Å². The van der Waals surface area contributed by atoms with E-state index in [2.05, 4.69) is 27.2 Å². The Labute approximate surface area is 173 Å². The highest BCUT2D eigenvalue weighted by Gasteiger charge is 2.15. The van der Waals surface area contributed by atoms with Crippen LogP contribution >= 0.6 is 15.9 Å². The minimum Gasteiger partial charge on any atom is -0.493 e. The van der Waals surface area contributed by atoms with E-state index in [1.54, 1.807) is 18.2 Å². The molecule has 0 aliphatic heterocycles. The Hall–Kier alpha value is -3.22. The summed E-state index contributed by atoms with van der Waals surface area (Å²) in [6.45, 7) is 3.96. The van der Waals surface area contributed by atoms with Crippen molar-refractivity contribution >= 4 is 33.6 Å². The molecule has 0 radical (unpaired) electrons. The highest BCUT2D eigenvalue weighted by molar-refractivity contribution is 9.10. The van der Waals surface area contributed by atoms with Gasteiger partial charge < -0.3 is 14.8 Å². The largest absolute Gasteiger partial charge is 0.493 e. The number of aryl methyl sites for hydroxylation is 2. The van der Waals surface area contributed by atoms with Crippen molar-refractivity contribution in [3.8, 4) is 29.9 Å². The second-order valence-electron chi connectivity index (χ2n) is 5.94. The number of nitriles is 1. The van der Waals surface area contributed by atoms with Crippen molar-refractivity contribution in [3.05, 3.63) is 57.1 Å². The second kappa shape index (κ2) is 9.64. The van der Waals surface area contributed by atoms with Crippen molar-refractivity contribution in [3.63, 3.8) is 0 Å². The van der Waals surface area contributed by atoms with E-state index in [1.807, 2.05) is 32.0 Å². The summed E-state index contributed by atoms with van der Waals surface area (Å²) in [5.74, 6) is 2.66. The normalized spacial score (nSPS) is 10.6. The molecule has 0 saturated heterocycles. The van der Waals surface area contributed by atoms with Crippen molar-refractivity contribution in [2.45, 2.75) is 13.8 Å². The number of terminal acetylenes is 1. The number of rotatable bonds is 6. The molecule has 2 rings (SSSR count). The highest BCUT2D eigenvalue weighted by atomic mass is 79.9. The number of nitrogens with zero attached hydrogens (tertiary/aromatic N) is 1. The minimum absolute atomic E-state index is 0.0234. The lowest BCUT2D eigenvalue weighted by Crippen LogP contribution is -2.13. The third-order valence-electron chi connectivity index (χ3n) is 4.00. The van der Waals surface area contributed by atoms with E-state index < -0.39 is 5.91 Å². The molecule has 0 aromatic heterocycles. The maximum absolute atomic E-state index is 12.6. The molecule has 1 N–H and O–H groups in total. The van der Waals surface area contributed by atoms with Gasteiger partial charge in [0.05, 0.1) is 7.11 Å². The van der Waals surface area contributed by atoms with Crippen LogP contribution < -0.4 is 14.8 Å². The Bertz CT molecular complexity index is 1010. The summed E-state index contributed by atoms with van der Waals surface area (Å²) in [5, 5.41) is 12.2. The zero-order valence-electron chi connectivity index (χ0n) is 15.8. The molecule has 2 aromatic carbocycles. The third-order valence-corrected chi connectivity index (χ3v) is 4.46. The van der Waals surface area contributed by atoms with Gasteiger partial charge in [0.25, 0.3) is 5.91 Å². The molecule has 5 nitrogen and oxygen atoms in total. The molecular formula is C22H19BrN2O3. The van der Waals surface area contributed by atoms with Crippen LogP contribution in [0.15, 0.2) is 40.4 Å². The number of halogens is 1. The molecular weight excluding hydrogens is 420 g/mol. The van der Waals surface area contributed by atoms with Crippen molar-refractivity contribution in [2.75, 3.05) is 19.0 Å². The Morgan fingerprint density at radius 3 is 2.64 bits per heavy atom. The van der Waals surface area contributed by atoms with E-state index in [-0.39, 0.29) is 12.2 Å². The first-order valence-electron chi connectivity index (χ1n) is 8.33. The fourth-order valence-corrected chi connectivity index (χ4v) is 2.89. The summed E-state index contributed by atoms with van der Waals surface area (Å²) in [5.41, 5.74) is 3.19. The fraction of sp³-hybridized carbons (Fsp3) is 0.182. The molecule has 0 bridgehead atoms. The number of nitrogens with one attached hydrogen (secondary N) is 1. The molecule has 6 heteroatoms. The number of carbonyl (C=O) groups is 1. The molecule has 0 spiro atoms. The van der Waals surface area contributed by atoms with Gasteiger partial charge >= 0.3 is 0 Å². The Morgan fingerprint density at radius 2 is 2.04 bits per heavy atom. The molecule has 0 heterocycles. The average Bonchev–Trinajstić information content (AvgIpc) is 2.67. The van der Waals surface area contributed by atoms with Crippen molar-refractivity contribution in [1.29, 1.82) is 5.26 Å². The van der Waals surface area contributed by atoms with Gasteiger partial charge in [0.15, 0.2) is 11.5 Å². The topological polar surface area (TPSA) is 71.3 Å². The average molecular weight is 439 g/mol. The predicted octanol–water partition coefficient (Wildman–Crippen LogP) is 4.63. The van der Waals surface area contributed by atoms with E-state index in [4.69, 9.17) is 15.9 Å². The lowest BCUT2D eigenvalue weighted by molar-refractivity contribution is -0.112. The van der Waals surface area contributed by atoms with Gasteiger partial charge in [-0.15, -0.1) is 6.42 Å². The van der Waals surface area contributed by atoms with Crippen molar-refractivity contribution < 1.29 is 14.3 Å². The number of methoxy groups -OCH3 is 1. The lowest BCUT2D eigenvalue weighted by atomic mass is 10.1. The second-order valence-corrected chi connectivity index (χ2v) is 6.86. The van der Waals surface area contributed by atoms with E-state index >= 15 is 0 Å². The first-order chi connectivity index (χ1) is 13.4. The maximum atomic E-state index is 12.6. The van der Waals surface area contributed by atoms with Gasteiger partial charge in [-0.2, -0.15) is 5.26 Å². The zero-order chi connectivity index (χ0) is 20.7. The van der Waals surface area contributed by atoms with Crippen LogP contribution in [-0.4, -0.2) is 19.6 Å². The first kappa shape index (κ1) is 21.1. The summed E-state index contributed by atoms with van der Waals surface area (Å²) in [4.78, 5) is 12.6. The van der Waals surface area contributed by atoms with Gasteiger partial charge in [0.1, 0.15) is 18.2 Å². The maximum Gasteiger partial charge on any atom is 0.266 e. The van der Waals surface area contributed by atoms with Crippen LogP contribution in [-0.2, 0) is 4.79 Å². The molecule has 0 unspecified atom stereocenters. The molecule has 28 heavy (non-hydrogen) atoms. The van der Waals surface area contributed by atoms with Gasteiger partial charge in [-0.1, -0.05) is 27.9 Å². The molecule has 142 valence electrons. The summed E-state index contributed by atoms with van der Waals surface area (Å²) in [6.07, 6.45) is 6.72. The van der Waals surface area contributed by atoms with Crippen LogP contribution in [0.3, 0.4) is 0 Å². The van der Waals surface area contributed by atoms with Crippen LogP contribution in [0, 0.1) is 37.5 Å². The first-order valence-corrected chi connectivity index (χ1v) is 9.13. The van der Waals surface area contributed by atoms with Crippen molar-refractivity contribution in [2.24, 2.45) is 0 Å².